The van der Waals surface area contributed by atoms with Gasteiger partial charge in [-0.05, 0) is 43.7 Å². The van der Waals surface area contributed by atoms with Crippen LogP contribution in [-0.4, -0.2) is 6.54 Å². The molecule has 0 amide bonds. The van der Waals surface area contributed by atoms with Crippen molar-refractivity contribution in [2.75, 3.05) is 6.54 Å². The van der Waals surface area contributed by atoms with Crippen LogP contribution in [0.4, 0.5) is 0 Å². The van der Waals surface area contributed by atoms with Gasteiger partial charge in [-0.3, -0.25) is 0 Å². The van der Waals surface area contributed by atoms with Gasteiger partial charge in [0.25, 0.3) is 0 Å². The Morgan fingerprint density at radius 3 is 2.28 bits per heavy atom. The smallest absolute Gasteiger partial charge is 0.0291 e. The van der Waals surface area contributed by atoms with Crippen molar-refractivity contribution in [2.24, 2.45) is 11.8 Å². The van der Waals surface area contributed by atoms with Crippen LogP contribution in [0.15, 0.2) is 30.3 Å². The second-order valence-electron chi connectivity index (χ2n) is 5.84. The lowest BCUT2D eigenvalue weighted by Gasteiger charge is -2.29. The Morgan fingerprint density at radius 2 is 1.67 bits per heavy atom. The van der Waals surface area contributed by atoms with Gasteiger partial charge in [0.1, 0.15) is 0 Å². The van der Waals surface area contributed by atoms with Crippen LogP contribution in [0.5, 0.6) is 0 Å². The maximum absolute atomic E-state index is 3.70. The predicted molar refractivity (Wildman–Crippen MR) is 78.6 cm³/mol. The Balaban J connectivity index is 1.72. The molecule has 1 aliphatic rings. The minimum absolute atomic E-state index is 0.482. The number of hydrogen-bond donors (Lipinski definition) is 1. The average Bonchev–Trinajstić information content (AvgIpc) is 2.46. The number of hydrogen-bond acceptors (Lipinski definition) is 1. The van der Waals surface area contributed by atoms with E-state index in [-0.39, 0.29) is 0 Å². The summed E-state index contributed by atoms with van der Waals surface area (Å²) in [6, 6.07) is 11.2. The van der Waals surface area contributed by atoms with E-state index in [1.54, 1.807) is 0 Å². The molecular formula is C17H27N. The van der Waals surface area contributed by atoms with Gasteiger partial charge in [0.2, 0.25) is 0 Å². The third kappa shape index (κ3) is 3.84. The summed E-state index contributed by atoms with van der Waals surface area (Å²) < 4.78 is 0. The fourth-order valence-corrected chi connectivity index (χ4v) is 3.05. The number of rotatable bonds is 5. The van der Waals surface area contributed by atoms with E-state index in [0.29, 0.717) is 6.04 Å². The molecule has 1 fully saturated rings. The molecule has 1 saturated carbocycles. The zero-order chi connectivity index (χ0) is 12.8. The van der Waals surface area contributed by atoms with E-state index >= 15 is 0 Å². The summed E-state index contributed by atoms with van der Waals surface area (Å²) in [5.74, 6) is 1.91. The minimum atomic E-state index is 0.482. The molecular weight excluding hydrogens is 218 g/mol. The van der Waals surface area contributed by atoms with Crippen molar-refractivity contribution in [3.63, 3.8) is 0 Å². The zero-order valence-corrected chi connectivity index (χ0v) is 11.9. The van der Waals surface area contributed by atoms with Crippen LogP contribution < -0.4 is 5.32 Å². The highest BCUT2D eigenvalue weighted by molar-refractivity contribution is 5.17. The van der Waals surface area contributed by atoms with Crippen LogP contribution in [0.25, 0.3) is 0 Å². The molecule has 1 unspecified atom stereocenters. The lowest BCUT2D eigenvalue weighted by atomic mass is 9.81. The van der Waals surface area contributed by atoms with Crippen molar-refractivity contribution in [1.82, 2.24) is 5.32 Å². The van der Waals surface area contributed by atoms with Crippen molar-refractivity contribution in [3.05, 3.63) is 35.9 Å². The highest BCUT2D eigenvalue weighted by Gasteiger charge is 2.20. The topological polar surface area (TPSA) is 12.0 Å². The van der Waals surface area contributed by atoms with Gasteiger partial charge in [0, 0.05) is 6.04 Å². The van der Waals surface area contributed by atoms with Crippen LogP contribution >= 0.6 is 0 Å². The third-order valence-corrected chi connectivity index (χ3v) is 4.56. The summed E-state index contributed by atoms with van der Waals surface area (Å²) in [4.78, 5) is 0. The van der Waals surface area contributed by atoms with E-state index in [1.807, 2.05) is 0 Å². The molecule has 1 heteroatoms. The molecule has 18 heavy (non-hydrogen) atoms. The van der Waals surface area contributed by atoms with Crippen molar-refractivity contribution < 1.29 is 0 Å². The van der Waals surface area contributed by atoms with Crippen LogP contribution in [0.1, 0.15) is 57.6 Å². The fraction of sp³-hybridized carbons (Fsp3) is 0.647. The Bertz CT molecular complexity index is 325. The zero-order valence-electron chi connectivity index (χ0n) is 11.9. The van der Waals surface area contributed by atoms with Crippen LogP contribution in [0.2, 0.25) is 0 Å². The van der Waals surface area contributed by atoms with Crippen molar-refractivity contribution in [3.8, 4) is 0 Å². The van der Waals surface area contributed by atoms with Gasteiger partial charge < -0.3 is 5.32 Å². The lowest BCUT2D eigenvalue weighted by molar-refractivity contribution is 0.258. The minimum Gasteiger partial charge on any atom is -0.310 e. The molecule has 0 bridgehead atoms. The molecule has 1 nitrogen and oxygen atoms in total. The second-order valence-corrected chi connectivity index (χ2v) is 5.84. The highest BCUT2D eigenvalue weighted by atomic mass is 14.9. The molecule has 0 spiro atoms. The van der Waals surface area contributed by atoms with Gasteiger partial charge in [-0.2, -0.15) is 0 Å². The highest BCUT2D eigenvalue weighted by Crippen LogP contribution is 2.30. The molecule has 100 valence electrons. The molecule has 0 aliphatic heterocycles. The quantitative estimate of drug-likeness (QED) is 0.802. The van der Waals surface area contributed by atoms with E-state index < -0.39 is 0 Å². The average molecular weight is 245 g/mol. The summed E-state index contributed by atoms with van der Waals surface area (Å²) in [6.45, 7) is 5.79. The predicted octanol–water partition coefficient (Wildman–Crippen LogP) is 4.55. The monoisotopic (exact) mass is 245 g/mol. The summed E-state index contributed by atoms with van der Waals surface area (Å²) in [6.07, 6.45) is 7.12. The lowest BCUT2D eigenvalue weighted by Crippen LogP contribution is -2.28. The Kier molecular flexibility index (Phi) is 5.25. The summed E-state index contributed by atoms with van der Waals surface area (Å²) in [5.41, 5.74) is 1.40. The molecule has 1 atom stereocenters. The SMILES string of the molecule is CCC1CCC(CNC(C)c2ccccc2)CC1. The first-order valence-electron chi connectivity index (χ1n) is 7.58. The van der Waals surface area contributed by atoms with Crippen LogP contribution in [0.3, 0.4) is 0 Å². The summed E-state index contributed by atoms with van der Waals surface area (Å²) in [5, 5.41) is 3.70. The molecule has 2 rings (SSSR count). The van der Waals surface area contributed by atoms with Gasteiger partial charge in [-0.1, -0.05) is 56.5 Å². The van der Waals surface area contributed by atoms with Crippen molar-refractivity contribution in [2.45, 2.75) is 52.0 Å². The number of benzene rings is 1. The van der Waals surface area contributed by atoms with Crippen molar-refractivity contribution >= 4 is 0 Å². The largest absolute Gasteiger partial charge is 0.310 e. The molecule has 0 radical (unpaired) electrons. The third-order valence-electron chi connectivity index (χ3n) is 4.56. The maximum atomic E-state index is 3.70. The molecule has 1 N–H and O–H groups in total. The van der Waals surface area contributed by atoms with Gasteiger partial charge in [0.05, 0.1) is 0 Å². The Hall–Kier alpha value is -0.820. The molecule has 0 aromatic heterocycles. The first kappa shape index (κ1) is 13.6. The molecule has 0 heterocycles. The van der Waals surface area contributed by atoms with Crippen molar-refractivity contribution in [1.29, 1.82) is 0 Å². The first-order chi connectivity index (χ1) is 8.79. The standard InChI is InChI=1S/C17H27N/c1-3-15-9-11-16(12-10-15)13-18-14(2)17-7-5-4-6-8-17/h4-8,14-16,18H,3,9-13H2,1-2H3. The molecule has 0 saturated heterocycles. The van der Waals surface area contributed by atoms with Gasteiger partial charge in [0.15, 0.2) is 0 Å². The van der Waals surface area contributed by atoms with E-state index in [9.17, 15) is 0 Å². The van der Waals surface area contributed by atoms with Crippen LogP contribution in [-0.2, 0) is 0 Å². The van der Waals surface area contributed by atoms with Gasteiger partial charge >= 0.3 is 0 Å². The Labute approximate surface area is 112 Å². The van der Waals surface area contributed by atoms with Gasteiger partial charge in [-0.25, -0.2) is 0 Å². The Morgan fingerprint density at radius 1 is 1.06 bits per heavy atom. The molecule has 1 aliphatic carbocycles. The maximum Gasteiger partial charge on any atom is 0.0291 e. The van der Waals surface area contributed by atoms with Gasteiger partial charge in [-0.15, -0.1) is 0 Å². The van der Waals surface area contributed by atoms with E-state index in [2.05, 4.69) is 49.5 Å². The summed E-state index contributed by atoms with van der Waals surface area (Å²) in [7, 11) is 0. The fourth-order valence-electron chi connectivity index (χ4n) is 3.05. The number of nitrogens with one attached hydrogen (secondary N) is 1. The van der Waals surface area contributed by atoms with E-state index in [4.69, 9.17) is 0 Å². The summed E-state index contributed by atoms with van der Waals surface area (Å²) >= 11 is 0. The van der Waals surface area contributed by atoms with E-state index in [0.717, 1.165) is 11.8 Å². The molecule has 1 aromatic carbocycles. The van der Waals surface area contributed by atoms with Crippen LogP contribution in [0, 0.1) is 11.8 Å². The van der Waals surface area contributed by atoms with E-state index in [1.165, 1.54) is 44.2 Å². The second kappa shape index (κ2) is 6.94. The molecule has 1 aromatic rings. The normalized spacial score (nSPS) is 25.9. The first-order valence-corrected chi connectivity index (χ1v) is 7.58.